The van der Waals surface area contributed by atoms with E-state index in [4.69, 9.17) is 5.73 Å². The van der Waals surface area contributed by atoms with E-state index < -0.39 is 23.8 Å². The largest absolute Gasteiger partial charge is 0.325 e. The lowest BCUT2D eigenvalue weighted by Crippen LogP contribution is -2.54. The molecule has 1 atom stereocenters. The molecule has 3 aliphatic rings. The number of carbonyl (C=O) groups is 4. The third-order valence-electron chi connectivity index (χ3n) is 5.79. The molecule has 2 heterocycles. The number of rotatable bonds is 7. The number of nitrogens with one attached hydrogen (secondary N) is 2. The van der Waals surface area contributed by atoms with Crippen molar-refractivity contribution < 1.29 is 19.2 Å². The highest BCUT2D eigenvalue weighted by atomic mass is 16.2. The quantitative estimate of drug-likeness (QED) is 0.463. The maximum atomic E-state index is 13.0. The second kappa shape index (κ2) is 7.10. The molecule has 0 aromatic heterocycles. The van der Waals surface area contributed by atoms with Crippen molar-refractivity contribution in [3.8, 4) is 0 Å². The summed E-state index contributed by atoms with van der Waals surface area (Å²) in [4.78, 5) is 50.3. The molecule has 1 unspecified atom stereocenters. The van der Waals surface area contributed by atoms with E-state index in [2.05, 4.69) is 10.6 Å². The highest BCUT2D eigenvalue weighted by molar-refractivity contribution is 6.24. The molecule has 1 saturated carbocycles. The van der Waals surface area contributed by atoms with Crippen LogP contribution in [0, 0.1) is 0 Å². The van der Waals surface area contributed by atoms with Gasteiger partial charge in [-0.15, -0.1) is 0 Å². The number of nitrogens with zero attached hydrogens (tertiary/aromatic N) is 1. The van der Waals surface area contributed by atoms with Gasteiger partial charge in [0.15, 0.2) is 0 Å². The predicted molar refractivity (Wildman–Crippen MR) is 100 cm³/mol. The zero-order valence-electron chi connectivity index (χ0n) is 15.6. The van der Waals surface area contributed by atoms with Crippen molar-refractivity contribution in [1.29, 1.82) is 0 Å². The van der Waals surface area contributed by atoms with Crippen LogP contribution >= 0.6 is 0 Å². The summed E-state index contributed by atoms with van der Waals surface area (Å²) >= 11 is 0. The number of imide groups is 2. The summed E-state index contributed by atoms with van der Waals surface area (Å²) < 4.78 is 0. The van der Waals surface area contributed by atoms with Crippen LogP contribution < -0.4 is 16.4 Å². The van der Waals surface area contributed by atoms with Crippen LogP contribution in [0.15, 0.2) is 18.2 Å². The minimum atomic E-state index is -0.940. The molecular formula is C20H24N4O4. The summed E-state index contributed by atoms with van der Waals surface area (Å²) in [6.07, 6.45) is 4.39. The Morgan fingerprint density at radius 1 is 1.18 bits per heavy atom. The first-order valence-electron chi connectivity index (χ1n) is 9.73. The number of fused-ring (bicyclic) bond motifs is 1. The Hall–Kier alpha value is -2.58. The molecule has 8 heteroatoms. The fourth-order valence-electron chi connectivity index (χ4n) is 3.93. The van der Waals surface area contributed by atoms with Gasteiger partial charge in [0.25, 0.3) is 11.8 Å². The zero-order chi connectivity index (χ0) is 19.9. The molecule has 148 valence electrons. The van der Waals surface area contributed by atoms with Crippen molar-refractivity contribution in [2.45, 2.75) is 56.7 Å². The number of hydrogen-bond acceptors (Lipinski definition) is 6. The van der Waals surface area contributed by atoms with Crippen molar-refractivity contribution >= 4 is 23.6 Å². The molecule has 4 N–H and O–H groups in total. The Kier molecular flexibility index (Phi) is 4.76. The molecule has 1 aromatic rings. The number of hydrogen-bond donors (Lipinski definition) is 3. The van der Waals surface area contributed by atoms with Gasteiger partial charge in [-0.2, -0.15) is 0 Å². The van der Waals surface area contributed by atoms with Crippen molar-refractivity contribution in [3.05, 3.63) is 34.9 Å². The molecule has 2 aliphatic heterocycles. The Morgan fingerprint density at radius 2 is 1.96 bits per heavy atom. The van der Waals surface area contributed by atoms with Crippen LogP contribution in [0.25, 0.3) is 0 Å². The molecule has 1 saturated heterocycles. The highest BCUT2D eigenvalue weighted by Crippen LogP contribution is 2.36. The Morgan fingerprint density at radius 3 is 2.68 bits per heavy atom. The maximum Gasteiger partial charge on any atom is 0.262 e. The smallest absolute Gasteiger partial charge is 0.262 e. The molecule has 0 spiro atoms. The Balaban J connectivity index is 1.45. The number of amides is 4. The SMILES string of the molecule is NC1(CCCNCc2cccc3c2C(=O)N(C2CCC(=O)NC2=O)C3=O)CC1. The van der Waals surface area contributed by atoms with Gasteiger partial charge in [0.1, 0.15) is 6.04 Å². The van der Waals surface area contributed by atoms with Gasteiger partial charge in [-0.1, -0.05) is 12.1 Å². The summed E-state index contributed by atoms with van der Waals surface area (Å²) in [6.45, 7) is 1.24. The van der Waals surface area contributed by atoms with E-state index in [0.29, 0.717) is 17.7 Å². The maximum absolute atomic E-state index is 13.0. The van der Waals surface area contributed by atoms with E-state index >= 15 is 0 Å². The molecule has 8 nitrogen and oxygen atoms in total. The van der Waals surface area contributed by atoms with Crippen molar-refractivity contribution in [2.75, 3.05) is 6.54 Å². The van der Waals surface area contributed by atoms with E-state index in [9.17, 15) is 19.2 Å². The molecule has 28 heavy (non-hydrogen) atoms. The van der Waals surface area contributed by atoms with Crippen LogP contribution in [0.4, 0.5) is 0 Å². The van der Waals surface area contributed by atoms with E-state index in [1.807, 2.05) is 6.07 Å². The molecular weight excluding hydrogens is 360 g/mol. The lowest BCUT2D eigenvalue weighted by Gasteiger charge is -2.27. The van der Waals surface area contributed by atoms with E-state index in [1.54, 1.807) is 12.1 Å². The van der Waals surface area contributed by atoms with Gasteiger partial charge >= 0.3 is 0 Å². The first-order chi connectivity index (χ1) is 13.4. The Labute approximate surface area is 162 Å². The minimum absolute atomic E-state index is 0.0283. The van der Waals surface area contributed by atoms with Crippen LogP contribution in [0.1, 0.15) is 64.8 Å². The van der Waals surface area contributed by atoms with Crippen molar-refractivity contribution in [2.24, 2.45) is 5.73 Å². The van der Waals surface area contributed by atoms with Gasteiger partial charge in [0.2, 0.25) is 11.8 Å². The van der Waals surface area contributed by atoms with Crippen molar-refractivity contribution in [3.63, 3.8) is 0 Å². The molecule has 1 aromatic carbocycles. The first kappa shape index (κ1) is 18.8. The van der Waals surface area contributed by atoms with Crippen molar-refractivity contribution in [1.82, 2.24) is 15.5 Å². The molecule has 4 amide bonds. The second-order valence-corrected chi connectivity index (χ2v) is 7.93. The Bertz CT molecular complexity index is 862. The van der Waals surface area contributed by atoms with Gasteiger partial charge < -0.3 is 11.1 Å². The van der Waals surface area contributed by atoms with Crippen LogP contribution in [-0.4, -0.2) is 46.7 Å². The average molecular weight is 384 g/mol. The number of carbonyl (C=O) groups excluding carboxylic acids is 4. The molecule has 0 radical (unpaired) electrons. The fraction of sp³-hybridized carbons (Fsp3) is 0.500. The van der Waals surface area contributed by atoms with Gasteiger partial charge in [-0.25, -0.2) is 0 Å². The highest BCUT2D eigenvalue weighted by Gasteiger charge is 2.45. The fourth-order valence-corrected chi connectivity index (χ4v) is 3.93. The lowest BCUT2D eigenvalue weighted by atomic mass is 10.0. The summed E-state index contributed by atoms with van der Waals surface area (Å²) in [5.41, 5.74) is 7.51. The predicted octanol–water partition coefficient (Wildman–Crippen LogP) is 0.449. The van der Waals surface area contributed by atoms with Crippen LogP contribution in [-0.2, 0) is 16.1 Å². The minimum Gasteiger partial charge on any atom is -0.325 e. The van der Waals surface area contributed by atoms with E-state index in [-0.39, 0.29) is 24.3 Å². The van der Waals surface area contributed by atoms with Gasteiger partial charge in [-0.3, -0.25) is 29.4 Å². The normalized spacial score (nSPS) is 23.0. The van der Waals surface area contributed by atoms with E-state index in [1.165, 1.54) is 0 Å². The van der Waals surface area contributed by atoms with Gasteiger partial charge in [0.05, 0.1) is 11.1 Å². The van der Waals surface area contributed by atoms with E-state index in [0.717, 1.165) is 42.7 Å². The molecule has 2 fully saturated rings. The monoisotopic (exact) mass is 384 g/mol. The number of benzene rings is 1. The third-order valence-corrected chi connectivity index (χ3v) is 5.79. The number of piperidine rings is 1. The topological polar surface area (TPSA) is 122 Å². The second-order valence-electron chi connectivity index (χ2n) is 7.93. The first-order valence-corrected chi connectivity index (χ1v) is 9.73. The van der Waals surface area contributed by atoms with Crippen LogP contribution in [0.2, 0.25) is 0 Å². The number of nitrogens with two attached hydrogens (primary N) is 1. The lowest BCUT2D eigenvalue weighted by molar-refractivity contribution is -0.136. The summed E-state index contributed by atoms with van der Waals surface area (Å²) in [6, 6.07) is 4.23. The standard InChI is InChI=1S/C20H24N4O4/c21-20(8-9-20)7-2-10-22-11-12-3-1-4-13-16(12)19(28)24(18(13)27)14-5-6-15(25)23-17(14)26/h1,3-4,14,22H,2,5-11,21H2,(H,23,25,26). The van der Waals surface area contributed by atoms with Gasteiger partial charge in [0, 0.05) is 18.5 Å². The van der Waals surface area contributed by atoms with Gasteiger partial charge in [-0.05, 0) is 50.3 Å². The molecule has 1 aliphatic carbocycles. The van der Waals surface area contributed by atoms with Crippen LogP contribution in [0.3, 0.4) is 0 Å². The molecule has 0 bridgehead atoms. The third kappa shape index (κ3) is 3.45. The average Bonchev–Trinajstić information content (AvgIpc) is 3.34. The summed E-state index contributed by atoms with van der Waals surface area (Å²) in [5.74, 6) is -1.92. The summed E-state index contributed by atoms with van der Waals surface area (Å²) in [7, 11) is 0. The summed E-state index contributed by atoms with van der Waals surface area (Å²) in [5, 5.41) is 5.52. The molecule has 4 rings (SSSR count). The van der Waals surface area contributed by atoms with Crippen LogP contribution in [0.5, 0.6) is 0 Å². The zero-order valence-corrected chi connectivity index (χ0v) is 15.6.